The summed E-state index contributed by atoms with van der Waals surface area (Å²) in [5, 5.41) is 0. The second-order valence-corrected chi connectivity index (χ2v) is 6.05. The first-order valence-corrected chi connectivity index (χ1v) is 7.01. The largest absolute Gasteiger partial charge is 0.573 e. The van der Waals surface area contributed by atoms with Gasteiger partial charge in [-0.3, -0.25) is 0 Å². The van der Waals surface area contributed by atoms with Crippen molar-refractivity contribution in [2.45, 2.75) is 38.1 Å². The molecule has 0 aliphatic heterocycles. The van der Waals surface area contributed by atoms with E-state index in [0.717, 1.165) is 23.8 Å². The van der Waals surface area contributed by atoms with E-state index in [1.54, 1.807) is 12.1 Å². The van der Waals surface area contributed by atoms with Crippen LogP contribution in [0.15, 0.2) is 24.3 Å². The molecule has 2 aliphatic rings. The lowest BCUT2D eigenvalue weighted by molar-refractivity contribution is -0.274. The lowest BCUT2D eigenvalue weighted by Crippen LogP contribution is -2.31. The first-order valence-electron chi connectivity index (χ1n) is 7.01. The average Bonchev–Trinajstić information content (AvgIpc) is 2.97. The number of benzene rings is 1. The van der Waals surface area contributed by atoms with Crippen molar-refractivity contribution in [2.24, 2.45) is 23.5 Å². The topological polar surface area (TPSA) is 35.2 Å². The van der Waals surface area contributed by atoms with Crippen molar-refractivity contribution in [1.82, 2.24) is 0 Å². The number of rotatable bonds is 4. The van der Waals surface area contributed by atoms with E-state index in [1.807, 2.05) is 0 Å². The molecular weight excluding hydrogens is 267 g/mol. The first kappa shape index (κ1) is 13.7. The van der Waals surface area contributed by atoms with Crippen molar-refractivity contribution in [2.75, 3.05) is 0 Å². The minimum absolute atomic E-state index is 0.109. The fourth-order valence-corrected chi connectivity index (χ4v) is 3.38. The van der Waals surface area contributed by atoms with Gasteiger partial charge >= 0.3 is 6.36 Å². The summed E-state index contributed by atoms with van der Waals surface area (Å²) in [5.41, 5.74) is 7.19. The molecule has 1 aromatic rings. The van der Waals surface area contributed by atoms with Crippen LogP contribution in [-0.2, 0) is 6.42 Å². The molecule has 3 rings (SSSR count). The minimum atomic E-state index is -4.64. The Morgan fingerprint density at radius 2 is 1.70 bits per heavy atom. The maximum atomic E-state index is 12.1. The molecule has 0 saturated heterocycles. The van der Waals surface area contributed by atoms with E-state index in [1.165, 1.54) is 31.4 Å². The van der Waals surface area contributed by atoms with Crippen molar-refractivity contribution in [3.63, 3.8) is 0 Å². The Morgan fingerprint density at radius 3 is 2.25 bits per heavy atom. The lowest BCUT2D eigenvalue weighted by Gasteiger charge is -2.20. The normalized spacial score (nSPS) is 29.9. The minimum Gasteiger partial charge on any atom is -0.406 e. The van der Waals surface area contributed by atoms with Gasteiger partial charge in [-0.1, -0.05) is 12.1 Å². The van der Waals surface area contributed by atoms with Crippen LogP contribution in [0.4, 0.5) is 13.2 Å². The van der Waals surface area contributed by atoms with Crippen LogP contribution in [0.2, 0.25) is 0 Å². The van der Waals surface area contributed by atoms with E-state index in [9.17, 15) is 13.2 Å². The number of hydrogen-bond acceptors (Lipinski definition) is 2. The molecular formula is C15H18F3NO. The molecule has 0 spiro atoms. The molecule has 3 unspecified atom stereocenters. The van der Waals surface area contributed by atoms with E-state index in [-0.39, 0.29) is 11.8 Å². The van der Waals surface area contributed by atoms with Crippen molar-refractivity contribution in [1.29, 1.82) is 0 Å². The highest BCUT2D eigenvalue weighted by Crippen LogP contribution is 2.55. The standard InChI is InChI=1S/C15H18F3NO/c16-15(17,18)20-13-3-1-9(2-4-13)5-14(19)12-7-10-6-11(10)8-12/h1-4,10-12,14H,5-8,19H2. The summed E-state index contributed by atoms with van der Waals surface area (Å²) in [5.74, 6) is 2.18. The van der Waals surface area contributed by atoms with Crippen LogP contribution in [0.1, 0.15) is 24.8 Å². The Balaban J connectivity index is 1.54. The number of halogens is 3. The van der Waals surface area contributed by atoms with Crippen LogP contribution in [-0.4, -0.2) is 12.4 Å². The van der Waals surface area contributed by atoms with Gasteiger partial charge in [-0.25, -0.2) is 0 Å². The first-order chi connectivity index (χ1) is 9.40. The average molecular weight is 285 g/mol. The number of nitrogens with two attached hydrogens (primary N) is 1. The van der Waals surface area contributed by atoms with Gasteiger partial charge < -0.3 is 10.5 Å². The molecule has 0 heterocycles. The van der Waals surface area contributed by atoms with E-state index < -0.39 is 6.36 Å². The van der Waals surface area contributed by atoms with Crippen molar-refractivity contribution in [3.05, 3.63) is 29.8 Å². The predicted molar refractivity (Wildman–Crippen MR) is 69.1 cm³/mol. The van der Waals surface area contributed by atoms with Crippen LogP contribution in [0.3, 0.4) is 0 Å². The monoisotopic (exact) mass is 285 g/mol. The highest BCUT2D eigenvalue weighted by Gasteiger charge is 2.47. The van der Waals surface area contributed by atoms with Crippen LogP contribution in [0.25, 0.3) is 0 Å². The molecule has 2 nitrogen and oxygen atoms in total. The molecule has 2 fully saturated rings. The second-order valence-electron chi connectivity index (χ2n) is 6.05. The SMILES string of the molecule is NC(Cc1ccc(OC(F)(F)F)cc1)C1CC2CC2C1. The summed E-state index contributed by atoms with van der Waals surface area (Å²) in [6.45, 7) is 0. The molecule has 2 saturated carbocycles. The van der Waals surface area contributed by atoms with Crippen LogP contribution < -0.4 is 10.5 Å². The van der Waals surface area contributed by atoms with Crippen molar-refractivity contribution >= 4 is 0 Å². The molecule has 0 amide bonds. The summed E-state index contributed by atoms with van der Waals surface area (Å²) in [7, 11) is 0. The Morgan fingerprint density at radius 1 is 1.10 bits per heavy atom. The predicted octanol–water partition coefficient (Wildman–Crippen LogP) is 3.50. The molecule has 20 heavy (non-hydrogen) atoms. The summed E-state index contributed by atoms with van der Waals surface area (Å²) < 4.78 is 40.0. The number of hydrogen-bond donors (Lipinski definition) is 1. The molecule has 5 heteroatoms. The molecule has 1 aromatic carbocycles. The zero-order chi connectivity index (χ0) is 14.3. The van der Waals surface area contributed by atoms with Gasteiger partial charge in [0.25, 0.3) is 0 Å². The van der Waals surface area contributed by atoms with Gasteiger partial charge in [0.15, 0.2) is 0 Å². The van der Waals surface area contributed by atoms with Crippen LogP contribution in [0, 0.1) is 17.8 Å². The quantitative estimate of drug-likeness (QED) is 0.919. The van der Waals surface area contributed by atoms with Gasteiger partial charge in [0.1, 0.15) is 5.75 Å². The highest BCUT2D eigenvalue weighted by molar-refractivity contribution is 5.28. The van der Waals surface area contributed by atoms with Crippen LogP contribution >= 0.6 is 0 Å². The number of ether oxygens (including phenoxy) is 1. The summed E-state index contributed by atoms with van der Waals surface area (Å²) in [6.07, 6.45) is -0.103. The zero-order valence-electron chi connectivity index (χ0n) is 11.1. The van der Waals surface area contributed by atoms with Crippen molar-refractivity contribution < 1.29 is 17.9 Å². The Labute approximate surface area is 116 Å². The molecule has 0 radical (unpaired) electrons. The van der Waals surface area contributed by atoms with E-state index in [2.05, 4.69) is 4.74 Å². The smallest absolute Gasteiger partial charge is 0.406 e. The molecule has 110 valence electrons. The zero-order valence-corrected chi connectivity index (χ0v) is 11.1. The summed E-state index contributed by atoms with van der Waals surface area (Å²) in [4.78, 5) is 0. The van der Waals surface area contributed by atoms with E-state index >= 15 is 0 Å². The molecule has 2 N–H and O–H groups in total. The Hall–Kier alpha value is -1.23. The molecule has 2 aliphatic carbocycles. The van der Waals surface area contributed by atoms with E-state index in [0.29, 0.717) is 5.92 Å². The maximum Gasteiger partial charge on any atom is 0.573 e. The van der Waals surface area contributed by atoms with Crippen LogP contribution in [0.5, 0.6) is 5.75 Å². The van der Waals surface area contributed by atoms with Gasteiger partial charge in [0, 0.05) is 6.04 Å². The van der Waals surface area contributed by atoms with Gasteiger partial charge in [0.05, 0.1) is 0 Å². The lowest BCUT2D eigenvalue weighted by atomic mass is 9.90. The van der Waals surface area contributed by atoms with Gasteiger partial charge in [-0.2, -0.15) is 0 Å². The fourth-order valence-electron chi connectivity index (χ4n) is 3.38. The third-order valence-corrected chi connectivity index (χ3v) is 4.51. The molecule has 0 bridgehead atoms. The molecule has 0 aromatic heterocycles. The second kappa shape index (κ2) is 4.95. The highest BCUT2D eigenvalue weighted by atomic mass is 19.4. The summed E-state index contributed by atoms with van der Waals surface area (Å²) in [6, 6.07) is 6.13. The number of alkyl halides is 3. The maximum absolute atomic E-state index is 12.1. The number of fused-ring (bicyclic) bond motifs is 1. The van der Waals surface area contributed by atoms with E-state index in [4.69, 9.17) is 5.73 Å². The van der Waals surface area contributed by atoms with Gasteiger partial charge in [-0.15, -0.1) is 13.2 Å². The third kappa shape index (κ3) is 3.26. The van der Waals surface area contributed by atoms with Crippen molar-refractivity contribution in [3.8, 4) is 5.75 Å². The Kier molecular flexibility index (Phi) is 3.40. The third-order valence-electron chi connectivity index (χ3n) is 4.51. The summed E-state index contributed by atoms with van der Waals surface area (Å²) >= 11 is 0. The Bertz CT molecular complexity index is 461. The van der Waals surface area contributed by atoms with Gasteiger partial charge in [-0.05, 0) is 61.1 Å². The van der Waals surface area contributed by atoms with Gasteiger partial charge in [0.2, 0.25) is 0 Å². The fraction of sp³-hybridized carbons (Fsp3) is 0.600. The molecule has 3 atom stereocenters.